The number of rotatable bonds is 2. The molecule has 0 aromatic carbocycles. The van der Waals surface area contributed by atoms with Crippen molar-refractivity contribution in [1.29, 1.82) is 0 Å². The first kappa shape index (κ1) is 10.1. The summed E-state index contributed by atoms with van der Waals surface area (Å²) in [4.78, 5) is 25.5. The molecule has 3 rings (SSSR count). The summed E-state index contributed by atoms with van der Waals surface area (Å²) in [5.74, 6) is 0.462. The number of carbonyl (C=O) groups excluding carboxylic acids is 2. The fourth-order valence-electron chi connectivity index (χ4n) is 2.95. The van der Waals surface area contributed by atoms with Gasteiger partial charge in [0.25, 0.3) is 5.91 Å². The van der Waals surface area contributed by atoms with Crippen molar-refractivity contribution in [2.24, 2.45) is 5.92 Å². The lowest BCUT2D eigenvalue weighted by Crippen LogP contribution is -2.42. The van der Waals surface area contributed by atoms with Gasteiger partial charge in [-0.15, -0.1) is 0 Å². The number of hydrogen-bond acceptors (Lipinski definition) is 2. The van der Waals surface area contributed by atoms with Gasteiger partial charge in [-0.05, 0) is 31.6 Å². The van der Waals surface area contributed by atoms with Crippen molar-refractivity contribution in [3.63, 3.8) is 0 Å². The van der Waals surface area contributed by atoms with Crippen molar-refractivity contribution in [3.05, 3.63) is 0 Å². The molecular formula is C12H18N2O2. The minimum absolute atomic E-state index is 0.0411. The van der Waals surface area contributed by atoms with Crippen LogP contribution in [0.4, 0.5) is 4.79 Å². The average Bonchev–Trinajstić information content (AvgIpc) is 3.07. The van der Waals surface area contributed by atoms with Gasteiger partial charge in [0.15, 0.2) is 0 Å². The number of imide groups is 1. The van der Waals surface area contributed by atoms with E-state index in [4.69, 9.17) is 0 Å². The highest BCUT2D eigenvalue weighted by molar-refractivity contribution is 6.04. The molecule has 1 unspecified atom stereocenters. The molecule has 16 heavy (non-hydrogen) atoms. The molecule has 1 aliphatic heterocycles. The first-order chi connectivity index (χ1) is 7.77. The lowest BCUT2D eigenvalue weighted by atomic mass is 9.94. The molecule has 0 aromatic heterocycles. The van der Waals surface area contributed by atoms with Crippen LogP contribution in [0.5, 0.6) is 0 Å². The lowest BCUT2D eigenvalue weighted by molar-refractivity contribution is -0.129. The van der Waals surface area contributed by atoms with Crippen LogP contribution in [0.25, 0.3) is 0 Å². The normalized spacial score (nSPS) is 32.0. The van der Waals surface area contributed by atoms with Crippen LogP contribution in [-0.4, -0.2) is 28.9 Å². The summed E-state index contributed by atoms with van der Waals surface area (Å²) < 4.78 is 0. The molecule has 1 saturated heterocycles. The maximum Gasteiger partial charge on any atom is 0.325 e. The molecule has 1 heterocycles. The van der Waals surface area contributed by atoms with Crippen LogP contribution in [0.2, 0.25) is 0 Å². The third-order valence-corrected chi connectivity index (χ3v) is 4.03. The number of carbonyl (C=O) groups is 2. The molecule has 0 spiro atoms. The quantitative estimate of drug-likeness (QED) is 0.722. The van der Waals surface area contributed by atoms with Gasteiger partial charge in [-0.2, -0.15) is 0 Å². The van der Waals surface area contributed by atoms with E-state index in [1.165, 1.54) is 11.3 Å². The van der Waals surface area contributed by atoms with E-state index in [1.54, 1.807) is 0 Å². The first-order valence-electron chi connectivity index (χ1n) is 6.41. The lowest BCUT2D eigenvalue weighted by Gasteiger charge is -2.28. The third-order valence-electron chi connectivity index (χ3n) is 4.03. The molecule has 2 saturated carbocycles. The van der Waals surface area contributed by atoms with E-state index < -0.39 is 0 Å². The van der Waals surface area contributed by atoms with E-state index >= 15 is 0 Å². The number of urea groups is 1. The van der Waals surface area contributed by atoms with Gasteiger partial charge in [0.2, 0.25) is 0 Å². The molecule has 0 radical (unpaired) electrons. The molecule has 3 aliphatic rings. The standard InChI is InChI=1S/C12H18N2O2/c15-11-10(8-6-7-8)13-12(16)14(11)9-4-2-1-3-5-9/h8-10H,1-7H2,(H,13,16). The molecule has 3 amide bonds. The van der Waals surface area contributed by atoms with Crippen molar-refractivity contribution in [2.45, 2.75) is 57.0 Å². The van der Waals surface area contributed by atoms with Crippen molar-refractivity contribution < 1.29 is 9.59 Å². The van der Waals surface area contributed by atoms with E-state index in [2.05, 4.69) is 5.32 Å². The zero-order valence-corrected chi connectivity index (χ0v) is 9.45. The predicted octanol–water partition coefficient (Wildman–Crippen LogP) is 1.65. The third kappa shape index (κ3) is 1.60. The summed E-state index contributed by atoms with van der Waals surface area (Å²) in [6, 6.07) is -0.173. The second kappa shape index (κ2) is 3.75. The Morgan fingerprint density at radius 3 is 2.31 bits per heavy atom. The molecular weight excluding hydrogens is 204 g/mol. The van der Waals surface area contributed by atoms with Gasteiger partial charge in [-0.3, -0.25) is 9.69 Å². The number of hydrogen-bond donors (Lipinski definition) is 1. The fourth-order valence-corrected chi connectivity index (χ4v) is 2.95. The van der Waals surface area contributed by atoms with E-state index in [0.29, 0.717) is 5.92 Å². The molecule has 0 aromatic rings. The van der Waals surface area contributed by atoms with Gasteiger partial charge >= 0.3 is 6.03 Å². The minimum Gasteiger partial charge on any atom is -0.326 e. The van der Waals surface area contributed by atoms with Crippen LogP contribution in [0.1, 0.15) is 44.9 Å². The SMILES string of the molecule is O=C1NC(C2CC2)C(=O)N1C1CCCCC1. The van der Waals surface area contributed by atoms with Gasteiger partial charge in [0.1, 0.15) is 6.04 Å². The first-order valence-corrected chi connectivity index (χ1v) is 6.41. The van der Waals surface area contributed by atoms with Crippen LogP contribution in [0.3, 0.4) is 0 Å². The van der Waals surface area contributed by atoms with E-state index in [-0.39, 0.29) is 24.0 Å². The van der Waals surface area contributed by atoms with Crippen molar-refractivity contribution in [2.75, 3.05) is 0 Å². The summed E-state index contributed by atoms with van der Waals surface area (Å²) >= 11 is 0. The van der Waals surface area contributed by atoms with E-state index in [0.717, 1.165) is 38.5 Å². The van der Waals surface area contributed by atoms with Crippen LogP contribution in [0.15, 0.2) is 0 Å². The predicted molar refractivity (Wildman–Crippen MR) is 58.8 cm³/mol. The molecule has 4 heteroatoms. The van der Waals surface area contributed by atoms with Gasteiger partial charge in [-0.25, -0.2) is 4.79 Å². The molecule has 88 valence electrons. The fraction of sp³-hybridized carbons (Fsp3) is 0.833. The maximum atomic E-state index is 12.1. The summed E-state index contributed by atoms with van der Waals surface area (Å²) in [5.41, 5.74) is 0. The monoisotopic (exact) mass is 222 g/mol. The average molecular weight is 222 g/mol. The Kier molecular flexibility index (Phi) is 2.37. The van der Waals surface area contributed by atoms with Crippen molar-refractivity contribution in [1.82, 2.24) is 10.2 Å². The topological polar surface area (TPSA) is 49.4 Å². The molecule has 3 fully saturated rings. The molecule has 0 bridgehead atoms. The Morgan fingerprint density at radius 1 is 1.00 bits per heavy atom. The summed E-state index contributed by atoms with van der Waals surface area (Å²) in [5, 5.41) is 2.85. The zero-order valence-electron chi connectivity index (χ0n) is 9.45. The van der Waals surface area contributed by atoms with Gasteiger partial charge in [0.05, 0.1) is 0 Å². The Hall–Kier alpha value is -1.06. The van der Waals surface area contributed by atoms with Crippen LogP contribution in [0, 0.1) is 5.92 Å². The maximum absolute atomic E-state index is 12.1. The van der Waals surface area contributed by atoms with Crippen LogP contribution < -0.4 is 5.32 Å². The number of nitrogens with zero attached hydrogens (tertiary/aromatic N) is 1. The summed E-state index contributed by atoms with van der Waals surface area (Å²) in [6.07, 6.45) is 7.72. The Labute approximate surface area is 95.4 Å². The highest BCUT2D eigenvalue weighted by atomic mass is 16.2. The molecule has 1 atom stereocenters. The summed E-state index contributed by atoms with van der Waals surface area (Å²) in [6.45, 7) is 0. The second-order valence-corrected chi connectivity index (χ2v) is 5.26. The second-order valence-electron chi connectivity index (χ2n) is 5.26. The largest absolute Gasteiger partial charge is 0.326 e. The van der Waals surface area contributed by atoms with Gasteiger partial charge in [-0.1, -0.05) is 19.3 Å². The smallest absolute Gasteiger partial charge is 0.325 e. The van der Waals surface area contributed by atoms with Crippen LogP contribution in [-0.2, 0) is 4.79 Å². The van der Waals surface area contributed by atoms with Crippen molar-refractivity contribution in [3.8, 4) is 0 Å². The zero-order chi connectivity index (χ0) is 11.1. The van der Waals surface area contributed by atoms with Gasteiger partial charge < -0.3 is 5.32 Å². The van der Waals surface area contributed by atoms with Crippen molar-refractivity contribution >= 4 is 11.9 Å². The Morgan fingerprint density at radius 2 is 1.69 bits per heavy atom. The van der Waals surface area contributed by atoms with Crippen LogP contribution >= 0.6 is 0 Å². The van der Waals surface area contributed by atoms with E-state index in [9.17, 15) is 9.59 Å². The Bertz CT molecular complexity index is 319. The highest BCUT2D eigenvalue weighted by Gasteiger charge is 2.48. The number of amides is 3. The molecule has 4 nitrogen and oxygen atoms in total. The number of nitrogens with one attached hydrogen (secondary N) is 1. The highest BCUT2D eigenvalue weighted by Crippen LogP contribution is 2.36. The Balaban J connectivity index is 1.73. The summed E-state index contributed by atoms with van der Waals surface area (Å²) in [7, 11) is 0. The molecule has 1 N–H and O–H groups in total. The molecule has 2 aliphatic carbocycles. The van der Waals surface area contributed by atoms with E-state index in [1.807, 2.05) is 0 Å². The van der Waals surface area contributed by atoms with Gasteiger partial charge in [0, 0.05) is 6.04 Å². The minimum atomic E-state index is -0.200.